The summed E-state index contributed by atoms with van der Waals surface area (Å²) >= 11 is 0. The maximum Gasteiger partial charge on any atom is 0.325 e. The Hall–Kier alpha value is -4.65. The number of imidazole rings is 1. The van der Waals surface area contributed by atoms with E-state index < -0.39 is 29.0 Å². The van der Waals surface area contributed by atoms with Gasteiger partial charge in [0.25, 0.3) is 5.88 Å². The number of nitrogen functional groups attached to an aromatic ring is 1. The molecule has 0 amide bonds. The number of aromatic amines is 1. The fourth-order valence-electron chi connectivity index (χ4n) is 8.84. The van der Waals surface area contributed by atoms with Gasteiger partial charge in [-0.05, 0) is 55.1 Å². The molecule has 3 fully saturated rings. The first-order valence-corrected chi connectivity index (χ1v) is 16.5. The predicted molar refractivity (Wildman–Crippen MR) is 178 cm³/mol. The van der Waals surface area contributed by atoms with Gasteiger partial charge in [0.1, 0.15) is 29.9 Å². The molecule has 3 saturated carbocycles. The molecule has 8 atom stereocenters. The van der Waals surface area contributed by atoms with Gasteiger partial charge in [0, 0.05) is 34.9 Å². The predicted octanol–water partition coefficient (Wildman–Crippen LogP) is 5.55. The molecule has 13 heteroatoms. The minimum Gasteiger partial charge on any atom is -0.460 e. The van der Waals surface area contributed by atoms with Gasteiger partial charge in [0.15, 0.2) is 11.2 Å². The lowest BCUT2D eigenvalue weighted by atomic mass is 9.44. The molecule has 3 aliphatic rings. The lowest BCUT2D eigenvalue weighted by Gasteiger charge is -2.61. The van der Waals surface area contributed by atoms with Crippen LogP contribution in [0.3, 0.4) is 0 Å². The summed E-state index contributed by atoms with van der Waals surface area (Å²) in [5.41, 5.74) is 13.6. The maximum atomic E-state index is 13.6. The zero-order valence-corrected chi connectivity index (χ0v) is 27.8. The second kappa shape index (κ2) is 12.4. The second-order valence-electron chi connectivity index (χ2n) is 14.2. The van der Waals surface area contributed by atoms with Gasteiger partial charge in [-0.1, -0.05) is 45.9 Å². The van der Waals surface area contributed by atoms with Gasteiger partial charge < -0.3 is 30.6 Å². The average molecular weight is 657 g/mol. The molecule has 2 aromatic heterocycles. The number of Topliss-reactive ketones (excluding diaryl/α,β-unsaturated/α-hetero) is 1. The summed E-state index contributed by atoms with van der Waals surface area (Å²) in [6.45, 7) is 12.2. The van der Waals surface area contributed by atoms with E-state index in [4.69, 9.17) is 20.7 Å². The van der Waals surface area contributed by atoms with Gasteiger partial charge in [-0.3, -0.25) is 9.59 Å². The molecule has 0 spiro atoms. The van der Waals surface area contributed by atoms with Gasteiger partial charge in [-0.15, -0.1) is 6.58 Å². The zero-order chi connectivity index (χ0) is 34.4. The Balaban J connectivity index is 1.20. The molecule has 0 aliphatic heterocycles. The Morgan fingerprint density at radius 3 is 2.83 bits per heavy atom. The van der Waals surface area contributed by atoms with Gasteiger partial charge in [0.05, 0.1) is 12.4 Å². The topological polar surface area (TPSA) is 202 Å². The van der Waals surface area contributed by atoms with Crippen LogP contribution in [0.25, 0.3) is 16.9 Å². The number of ether oxygens (including phenoxy) is 2. The van der Waals surface area contributed by atoms with Crippen molar-refractivity contribution < 1.29 is 24.2 Å². The minimum absolute atomic E-state index is 0.0242. The summed E-state index contributed by atoms with van der Waals surface area (Å²) in [5, 5.41) is 18.3. The third-order valence-electron chi connectivity index (χ3n) is 11.8. The molecule has 48 heavy (non-hydrogen) atoms. The van der Waals surface area contributed by atoms with Crippen LogP contribution in [0.5, 0.6) is 11.6 Å². The lowest BCUT2D eigenvalue weighted by Crippen LogP contribution is -2.63. The van der Waals surface area contributed by atoms with Gasteiger partial charge in [-0.2, -0.15) is 15.1 Å². The summed E-state index contributed by atoms with van der Waals surface area (Å²) < 4.78 is 12.2. The van der Waals surface area contributed by atoms with E-state index in [1.165, 1.54) is 12.5 Å². The average Bonchev–Trinajstić information content (AvgIpc) is 3.68. The number of nitrogens with one attached hydrogen (secondary N) is 3. The number of esters is 1. The van der Waals surface area contributed by atoms with Crippen LogP contribution in [0.15, 0.2) is 54.6 Å². The minimum atomic E-state index is -0.735. The smallest absolute Gasteiger partial charge is 0.325 e. The Morgan fingerprint density at radius 2 is 2.08 bits per heavy atom. The number of carbonyl (C=O) groups excluding carboxylic acids is 2. The molecule has 6 rings (SSSR count). The summed E-state index contributed by atoms with van der Waals surface area (Å²) in [5.74, 6) is 0.0257. The second-order valence-corrected chi connectivity index (χ2v) is 14.2. The number of aromatic nitrogens is 4. The highest BCUT2D eigenvalue weighted by Gasteiger charge is 2.68. The van der Waals surface area contributed by atoms with Crippen molar-refractivity contribution in [2.75, 3.05) is 12.3 Å². The Morgan fingerprint density at radius 1 is 1.29 bits per heavy atom. The number of aliphatic hydroxyl groups excluding tert-OH is 1. The molecule has 1 aromatic carbocycles. The fraction of sp³-hybridized carbons (Fsp3) is 0.514. The molecule has 13 nitrogen and oxygen atoms in total. The fourth-order valence-corrected chi connectivity index (χ4v) is 8.84. The van der Waals surface area contributed by atoms with E-state index in [0.717, 1.165) is 19.3 Å². The van der Waals surface area contributed by atoms with Gasteiger partial charge in [0.2, 0.25) is 5.95 Å². The normalized spacial score (nSPS) is 33.3. The van der Waals surface area contributed by atoms with Crippen LogP contribution in [0, 0.1) is 39.5 Å². The summed E-state index contributed by atoms with van der Waals surface area (Å²) in [4.78, 5) is 42.4. The monoisotopic (exact) mass is 656 g/mol. The van der Waals surface area contributed by atoms with E-state index >= 15 is 0 Å². The van der Waals surface area contributed by atoms with Crippen molar-refractivity contribution in [2.24, 2.45) is 39.1 Å². The zero-order valence-electron chi connectivity index (χ0n) is 27.8. The number of hydrogen-bond acceptors (Lipinski definition) is 12. The number of rotatable bonds is 9. The highest BCUT2D eigenvalue weighted by Crippen LogP contribution is 2.68. The van der Waals surface area contributed by atoms with Crippen LogP contribution in [0.2, 0.25) is 0 Å². The first-order chi connectivity index (χ1) is 22.9. The molecular formula is C35H44N8O5. The Bertz CT molecular complexity index is 1790. The van der Waals surface area contributed by atoms with E-state index in [1.807, 2.05) is 6.92 Å². The number of benzene rings is 1. The van der Waals surface area contributed by atoms with E-state index in [2.05, 4.69) is 57.7 Å². The molecule has 2 bridgehead atoms. The van der Waals surface area contributed by atoms with E-state index in [1.54, 1.807) is 30.3 Å². The molecule has 3 aromatic rings. The van der Waals surface area contributed by atoms with Crippen molar-refractivity contribution in [3.05, 3.63) is 55.0 Å². The summed E-state index contributed by atoms with van der Waals surface area (Å²) in [6.07, 6.45) is 6.70. The van der Waals surface area contributed by atoms with E-state index in [9.17, 15) is 14.7 Å². The van der Waals surface area contributed by atoms with Crippen molar-refractivity contribution in [3.8, 4) is 11.6 Å². The number of carbonyl (C=O) groups is 2. The molecule has 0 saturated heterocycles. The third-order valence-corrected chi connectivity index (χ3v) is 11.8. The van der Waals surface area contributed by atoms with E-state index in [0.29, 0.717) is 35.3 Å². The highest BCUT2D eigenvalue weighted by atomic mass is 16.5. The number of nitrogens with two attached hydrogens (primary N) is 1. The summed E-state index contributed by atoms with van der Waals surface area (Å²) in [7, 11) is 0. The number of H-pyrrole nitrogens is 1. The van der Waals surface area contributed by atoms with Crippen LogP contribution in [0.4, 0.5) is 5.95 Å². The van der Waals surface area contributed by atoms with Crippen LogP contribution >= 0.6 is 0 Å². The third kappa shape index (κ3) is 5.43. The van der Waals surface area contributed by atoms with Crippen LogP contribution in [-0.2, 0) is 14.3 Å². The van der Waals surface area contributed by atoms with Crippen molar-refractivity contribution in [1.82, 2.24) is 25.3 Å². The number of nitrogens with zero attached hydrogens (tertiary/aromatic N) is 4. The molecule has 0 radical (unpaired) electrons. The molecule has 254 valence electrons. The number of fused-ring (bicyclic) bond motifs is 1. The van der Waals surface area contributed by atoms with Crippen LogP contribution in [0.1, 0.15) is 65.4 Å². The SMILES string of the molecule is C=C[C@]1(C)C[C@@H](OC(=O)CN/C=C(\N=N)c2cccc(Oc3nc(N)nc4[nH]cnc34)c2)[C@]2(C)C(C)CC[C@]3(CCC(=O)[C@H]32)[C@@H](C)[C@@H]1O. The standard InChI is InChI=1S/C35H44N8O5/c1-6-33(4)15-25(34(5)19(2)10-12-35(20(3)29(33)46)13-11-24(44)28(34)35)48-26(45)17-38-16-23(43-37)21-8-7-9-22(14-21)47-31-27-30(40-18-39-27)41-32(36)42-31/h6-9,14,16,18-20,25,28-29,37-38,46H,1,10-13,15,17H2,2-5H3,(H3,36,39,40,41,42)/b23-16-,43-37?/t19?,20-,25+,28-,29-,33+,34-,35-/m0/s1. The van der Waals surface area contributed by atoms with Crippen LogP contribution < -0.4 is 15.8 Å². The molecule has 1 unspecified atom stereocenters. The van der Waals surface area contributed by atoms with Crippen molar-refractivity contribution in [2.45, 2.75) is 72.0 Å². The number of anilines is 1. The van der Waals surface area contributed by atoms with Crippen LogP contribution in [-0.4, -0.2) is 55.5 Å². The number of hydrogen-bond donors (Lipinski definition) is 5. The van der Waals surface area contributed by atoms with Gasteiger partial charge >= 0.3 is 5.97 Å². The lowest BCUT2D eigenvalue weighted by molar-refractivity contribution is -0.206. The molecule has 2 heterocycles. The molecule has 6 N–H and O–H groups in total. The first-order valence-electron chi connectivity index (χ1n) is 16.5. The Kier molecular flexibility index (Phi) is 8.61. The molecule has 3 aliphatic carbocycles. The Labute approximate surface area is 279 Å². The number of ketones is 1. The van der Waals surface area contributed by atoms with Crippen molar-refractivity contribution in [1.29, 1.82) is 5.53 Å². The highest BCUT2D eigenvalue weighted by molar-refractivity contribution is 5.86. The number of aliphatic hydroxyl groups is 1. The van der Waals surface area contributed by atoms with Crippen molar-refractivity contribution in [3.63, 3.8) is 0 Å². The summed E-state index contributed by atoms with van der Waals surface area (Å²) in [6, 6.07) is 6.88. The van der Waals surface area contributed by atoms with Crippen molar-refractivity contribution >= 4 is 34.6 Å². The first kappa shape index (κ1) is 33.3. The molecular weight excluding hydrogens is 612 g/mol. The van der Waals surface area contributed by atoms with E-state index in [-0.39, 0.29) is 53.0 Å². The maximum absolute atomic E-state index is 13.6. The largest absolute Gasteiger partial charge is 0.460 e. The quantitative estimate of drug-likeness (QED) is 0.110. The van der Waals surface area contributed by atoms with Gasteiger partial charge in [-0.25, -0.2) is 10.5 Å².